The van der Waals surface area contributed by atoms with Crippen LogP contribution in [0.5, 0.6) is 0 Å². The van der Waals surface area contributed by atoms with Crippen LogP contribution in [0.4, 0.5) is 5.69 Å². The van der Waals surface area contributed by atoms with Gasteiger partial charge in [0, 0.05) is 31.9 Å². The number of hydrogen-bond acceptors (Lipinski definition) is 5. The molecule has 0 radical (unpaired) electrons. The van der Waals surface area contributed by atoms with Gasteiger partial charge in [0.15, 0.2) is 12.2 Å². The molecule has 7 heteroatoms. The number of sulfonamides is 1. The van der Waals surface area contributed by atoms with Gasteiger partial charge < -0.3 is 9.32 Å². The average molecular weight is 357 g/mol. The van der Waals surface area contributed by atoms with E-state index in [0.717, 1.165) is 16.8 Å². The van der Waals surface area contributed by atoms with E-state index in [9.17, 15) is 8.42 Å². The molecule has 1 heterocycles. The Morgan fingerprint density at radius 2 is 1.72 bits per heavy atom. The first-order valence-corrected chi connectivity index (χ1v) is 9.19. The Balaban J connectivity index is 1.67. The molecule has 0 unspecified atom stereocenters. The molecule has 3 rings (SSSR count). The molecule has 0 aliphatic carbocycles. The summed E-state index contributed by atoms with van der Waals surface area (Å²) in [5.74, 6) is 0.674. The monoisotopic (exact) mass is 357 g/mol. The zero-order valence-corrected chi connectivity index (χ0v) is 14.8. The van der Waals surface area contributed by atoms with Crippen molar-refractivity contribution in [2.75, 3.05) is 19.0 Å². The van der Waals surface area contributed by atoms with Crippen LogP contribution in [0.3, 0.4) is 0 Å². The molecule has 0 aliphatic heterocycles. The number of rotatable bonds is 6. The Kier molecular flexibility index (Phi) is 4.87. The van der Waals surface area contributed by atoms with Gasteiger partial charge in [0.25, 0.3) is 0 Å². The Morgan fingerprint density at radius 3 is 2.28 bits per heavy atom. The van der Waals surface area contributed by atoms with Crippen molar-refractivity contribution in [2.45, 2.75) is 11.4 Å². The lowest BCUT2D eigenvalue weighted by Gasteiger charge is -2.13. The Hall–Kier alpha value is -2.64. The van der Waals surface area contributed by atoms with E-state index >= 15 is 0 Å². The zero-order chi connectivity index (χ0) is 17.9. The molecule has 0 saturated heterocycles. The zero-order valence-electron chi connectivity index (χ0n) is 14.0. The summed E-state index contributed by atoms with van der Waals surface area (Å²) in [4.78, 5) is 6.04. The van der Waals surface area contributed by atoms with E-state index in [-0.39, 0.29) is 11.4 Å². The van der Waals surface area contributed by atoms with Gasteiger partial charge in [0.1, 0.15) is 0 Å². The van der Waals surface area contributed by atoms with Crippen LogP contribution in [-0.2, 0) is 16.6 Å². The lowest BCUT2D eigenvalue weighted by molar-refractivity contribution is 0.571. The predicted molar refractivity (Wildman–Crippen MR) is 96.7 cm³/mol. The topological polar surface area (TPSA) is 75.4 Å². The van der Waals surface area contributed by atoms with E-state index in [2.05, 4.69) is 9.71 Å². The minimum Gasteiger partial charge on any atom is -0.444 e. The van der Waals surface area contributed by atoms with Gasteiger partial charge in [-0.2, -0.15) is 0 Å². The quantitative estimate of drug-likeness (QED) is 0.734. The molecule has 0 bridgehead atoms. The third kappa shape index (κ3) is 4.07. The molecular formula is C18H19N3O3S. The smallest absolute Gasteiger partial charge is 0.240 e. The maximum Gasteiger partial charge on any atom is 0.240 e. The third-order valence-corrected chi connectivity index (χ3v) is 5.22. The molecule has 3 aromatic rings. The molecular weight excluding hydrogens is 338 g/mol. The van der Waals surface area contributed by atoms with E-state index in [4.69, 9.17) is 4.42 Å². The summed E-state index contributed by atoms with van der Waals surface area (Å²) in [6.45, 7) is 0.217. The minimum atomic E-state index is -3.55. The second-order valence-electron chi connectivity index (χ2n) is 5.78. The summed E-state index contributed by atoms with van der Waals surface area (Å²) in [7, 11) is 0.263. The van der Waals surface area contributed by atoms with Crippen LogP contribution in [0.25, 0.3) is 11.3 Å². The fourth-order valence-corrected chi connectivity index (χ4v) is 3.35. The molecule has 0 saturated carbocycles. The van der Waals surface area contributed by atoms with Crippen molar-refractivity contribution in [3.63, 3.8) is 0 Å². The highest BCUT2D eigenvalue weighted by molar-refractivity contribution is 7.89. The van der Waals surface area contributed by atoms with Gasteiger partial charge in [-0.1, -0.05) is 24.3 Å². The van der Waals surface area contributed by atoms with Crippen molar-refractivity contribution >= 4 is 15.7 Å². The Bertz CT molecular complexity index is 917. The summed E-state index contributed by atoms with van der Waals surface area (Å²) in [6.07, 6.45) is 3.01. The molecule has 0 aliphatic rings. The molecule has 2 aromatic carbocycles. The molecule has 0 atom stereocenters. The van der Waals surface area contributed by atoms with E-state index in [1.807, 2.05) is 43.3 Å². The maximum atomic E-state index is 12.4. The molecule has 0 amide bonds. The molecule has 0 fully saturated rings. The van der Waals surface area contributed by atoms with Gasteiger partial charge in [-0.25, -0.2) is 18.1 Å². The standard InChI is InChI=1S/C18H19N3O3S/c1-21(2)16-7-9-17(10-8-16)25(22,23)20-11-14-3-5-15(6-4-14)18-12-19-13-24-18/h3-10,12-13,20H,11H2,1-2H3. The van der Waals surface area contributed by atoms with Crippen molar-refractivity contribution in [1.82, 2.24) is 9.71 Å². The average Bonchev–Trinajstić information content (AvgIpc) is 3.15. The Labute approximate surface area is 147 Å². The van der Waals surface area contributed by atoms with E-state index in [0.29, 0.717) is 5.76 Å². The first-order valence-electron chi connectivity index (χ1n) is 7.70. The summed E-state index contributed by atoms with van der Waals surface area (Å²) in [5.41, 5.74) is 2.70. The van der Waals surface area contributed by atoms with Crippen molar-refractivity contribution in [2.24, 2.45) is 0 Å². The van der Waals surface area contributed by atoms with Gasteiger partial charge in [-0.05, 0) is 29.8 Å². The molecule has 0 spiro atoms. The number of hydrogen-bond donors (Lipinski definition) is 1. The van der Waals surface area contributed by atoms with E-state index < -0.39 is 10.0 Å². The highest BCUT2D eigenvalue weighted by atomic mass is 32.2. The SMILES string of the molecule is CN(C)c1ccc(S(=O)(=O)NCc2ccc(-c3cnco3)cc2)cc1. The van der Waals surface area contributed by atoms with Gasteiger partial charge in [-0.3, -0.25) is 0 Å². The predicted octanol–water partition coefficient (Wildman–Crippen LogP) is 2.89. The molecule has 25 heavy (non-hydrogen) atoms. The normalized spacial score (nSPS) is 11.4. The molecule has 130 valence electrons. The second-order valence-corrected chi connectivity index (χ2v) is 7.54. The van der Waals surface area contributed by atoms with Crippen LogP contribution < -0.4 is 9.62 Å². The van der Waals surface area contributed by atoms with Gasteiger partial charge in [-0.15, -0.1) is 0 Å². The van der Waals surface area contributed by atoms with Crippen LogP contribution in [0.1, 0.15) is 5.56 Å². The first kappa shape index (κ1) is 17.2. The fourth-order valence-electron chi connectivity index (χ4n) is 2.33. The van der Waals surface area contributed by atoms with Crippen molar-refractivity contribution in [3.8, 4) is 11.3 Å². The number of aromatic nitrogens is 1. The number of benzene rings is 2. The van der Waals surface area contributed by atoms with Crippen LogP contribution in [0.15, 0.2) is 70.4 Å². The van der Waals surface area contributed by atoms with E-state index in [1.54, 1.807) is 30.5 Å². The van der Waals surface area contributed by atoms with Crippen LogP contribution >= 0.6 is 0 Å². The number of nitrogens with zero attached hydrogens (tertiary/aromatic N) is 2. The van der Waals surface area contributed by atoms with Crippen molar-refractivity contribution in [1.29, 1.82) is 0 Å². The second kappa shape index (κ2) is 7.08. The number of oxazole rings is 1. The number of anilines is 1. The van der Waals surface area contributed by atoms with Crippen LogP contribution in [0.2, 0.25) is 0 Å². The maximum absolute atomic E-state index is 12.4. The van der Waals surface area contributed by atoms with E-state index in [1.165, 1.54) is 6.39 Å². The molecule has 1 aromatic heterocycles. The van der Waals surface area contributed by atoms with Gasteiger partial charge in [0.05, 0.1) is 11.1 Å². The largest absolute Gasteiger partial charge is 0.444 e. The van der Waals surface area contributed by atoms with Gasteiger partial charge in [0.2, 0.25) is 10.0 Å². The van der Waals surface area contributed by atoms with Crippen LogP contribution in [0, 0.1) is 0 Å². The fraction of sp³-hybridized carbons (Fsp3) is 0.167. The molecule has 6 nitrogen and oxygen atoms in total. The summed E-state index contributed by atoms with van der Waals surface area (Å²) >= 11 is 0. The van der Waals surface area contributed by atoms with Gasteiger partial charge >= 0.3 is 0 Å². The summed E-state index contributed by atoms with van der Waals surface area (Å²) < 4.78 is 32.6. The lowest BCUT2D eigenvalue weighted by atomic mass is 10.1. The molecule has 1 N–H and O–H groups in total. The Morgan fingerprint density at radius 1 is 1.04 bits per heavy atom. The summed E-state index contributed by atoms with van der Waals surface area (Å²) in [6, 6.07) is 14.2. The third-order valence-electron chi connectivity index (χ3n) is 3.80. The minimum absolute atomic E-state index is 0.217. The number of nitrogens with one attached hydrogen (secondary N) is 1. The van der Waals surface area contributed by atoms with Crippen molar-refractivity contribution in [3.05, 3.63) is 66.7 Å². The van der Waals surface area contributed by atoms with Crippen molar-refractivity contribution < 1.29 is 12.8 Å². The highest BCUT2D eigenvalue weighted by Crippen LogP contribution is 2.19. The van der Waals surface area contributed by atoms with Crippen LogP contribution in [-0.4, -0.2) is 27.5 Å². The first-order chi connectivity index (χ1) is 12.0. The summed E-state index contributed by atoms with van der Waals surface area (Å²) in [5, 5.41) is 0. The lowest BCUT2D eigenvalue weighted by Crippen LogP contribution is -2.23. The highest BCUT2D eigenvalue weighted by Gasteiger charge is 2.14.